The lowest BCUT2D eigenvalue weighted by Crippen LogP contribution is -2.26. The van der Waals surface area contributed by atoms with Crippen molar-refractivity contribution < 1.29 is 8.78 Å². The Balaban J connectivity index is 1.85. The third kappa shape index (κ3) is 2.18. The van der Waals surface area contributed by atoms with Crippen molar-refractivity contribution in [3.8, 4) is 5.69 Å². The van der Waals surface area contributed by atoms with E-state index in [1.807, 2.05) is 30.3 Å². The van der Waals surface area contributed by atoms with Gasteiger partial charge in [-0.25, -0.2) is 13.6 Å². The van der Waals surface area contributed by atoms with Gasteiger partial charge in [0.1, 0.15) is 5.82 Å². The second-order valence-electron chi connectivity index (χ2n) is 5.53. The van der Waals surface area contributed by atoms with E-state index in [1.54, 1.807) is 0 Å². The smallest absolute Gasteiger partial charge is 0.268 e. The van der Waals surface area contributed by atoms with Crippen molar-refractivity contribution in [3.05, 3.63) is 82.3 Å². The highest BCUT2D eigenvalue weighted by Gasteiger charge is 2.36. The summed E-state index contributed by atoms with van der Waals surface area (Å²) in [6.45, 7) is 0. The molecule has 2 aromatic carbocycles. The normalized spacial score (nSPS) is 19.7. The number of hydrogen-bond donors (Lipinski definition) is 0. The summed E-state index contributed by atoms with van der Waals surface area (Å²) in [6.07, 6.45) is -1.10. The zero-order chi connectivity index (χ0) is 16.0. The van der Waals surface area contributed by atoms with Crippen LogP contribution < -0.4 is 5.69 Å². The van der Waals surface area contributed by atoms with Crippen LogP contribution in [0, 0.1) is 5.82 Å². The largest absolute Gasteiger partial charge is 0.351 e. The molecular weight excluding hydrogens is 300 g/mol. The molecule has 116 valence electrons. The summed E-state index contributed by atoms with van der Waals surface area (Å²) in [5.41, 5.74) is 0.868. The van der Waals surface area contributed by atoms with Gasteiger partial charge in [0.15, 0.2) is 12.0 Å². The van der Waals surface area contributed by atoms with Crippen molar-refractivity contribution in [2.24, 2.45) is 0 Å². The second kappa shape index (κ2) is 5.15. The molecule has 0 saturated heterocycles. The Morgan fingerprint density at radius 3 is 2.43 bits per heavy atom. The van der Waals surface area contributed by atoms with E-state index < -0.39 is 17.7 Å². The highest BCUT2D eigenvalue weighted by atomic mass is 19.1. The third-order valence-corrected chi connectivity index (χ3v) is 4.11. The van der Waals surface area contributed by atoms with Crippen molar-refractivity contribution in [1.82, 2.24) is 14.3 Å². The van der Waals surface area contributed by atoms with Crippen LogP contribution in [-0.4, -0.2) is 14.3 Å². The van der Waals surface area contributed by atoms with Gasteiger partial charge in [0.25, 0.3) is 0 Å². The van der Waals surface area contributed by atoms with E-state index in [1.165, 1.54) is 28.8 Å². The Kier molecular flexibility index (Phi) is 3.11. The number of hydrogen-bond acceptors (Lipinski definition) is 2. The molecule has 23 heavy (non-hydrogen) atoms. The minimum absolute atomic E-state index is 0.119. The zero-order valence-electron chi connectivity index (χ0n) is 12.1. The molecule has 1 aromatic heterocycles. The molecule has 4 nitrogen and oxygen atoms in total. The molecular formula is C17H13F2N3O. The van der Waals surface area contributed by atoms with E-state index in [2.05, 4.69) is 5.10 Å². The van der Waals surface area contributed by atoms with Gasteiger partial charge in [-0.05, 0) is 29.8 Å². The van der Waals surface area contributed by atoms with Gasteiger partial charge in [-0.1, -0.05) is 30.3 Å². The highest BCUT2D eigenvalue weighted by Crippen LogP contribution is 2.38. The Labute approximate surface area is 130 Å². The number of alkyl halides is 1. The number of aromatic nitrogens is 3. The average Bonchev–Trinajstić information content (AvgIpc) is 3.08. The molecule has 0 spiro atoms. The van der Waals surface area contributed by atoms with Crippen molar-refractivity contribution >= 4 is 0 Å². The Bertz CT molecular complexity index is 900. The van der Waals surface area contributed by atoms with Crippen molar-refractivity contribution in [2.45, 2.75) is 18.6 Å². The minimum Gasteiger partial charge on any atom is -0.268 e. The maximum Gasteiger partial charge on any atom is 0.351 e. The van der Waals surface area contributed by atoms with Crippen LogP contribution in [0.2, 0.25) is 0 Å². The van der Waals surface area contributed by atoms with E-state index in [0.717, 1.165) is 10.2 Å². The van der Waals surface area contributed by atoms with Gasteiger partial charge < -0.3 is 0 Å². The van der Waals surface area contributed by atoms with Crippen LogP contribution in [-0.2, 0) is 0 Å². The van der Waals surface area contributed by atoms with E-state index in [9.17, 15) is 13.6 Å². The van der Waals surface area contributed by atoms with Gasteiger partial charge in [0, 0.05) is 6.42 Å². The first-order valence-corrected chi connectivity index (χ1v) is 7.31. The topological polar surface area (TPSA) is 39.8 Å². The summed E-state index contributed by atoms with van der Waals surface area (Å²) in [5, 5.41) is 4.12. The van der Waals surface area contributed by atoms with Gasteiger partial charge >= 0.3 is 5.69 Å². The fraction of sp³-hybridized carbons (Fsp3) is 0.176. The average molecular weight is 313 g/mol. The second-order valence-corrected chi connectivity index (χ2v) is 5.53. The molecule has 6 heteroatoms. The van der Waals surface area contributed by atoms with E-state index >= 15 is 0 Å². The first kappa shape index (κ1) is 13.9. The molecule has 1 aliphatic heterocycles. The quantitative estimate of drug-likeness (QED) is 0.729. The summed E-state index contributed by atoms with van der Waals surface area (Å²) in [7, 11) is 0. The predicted octanol–water partition coefficient (Wildman–Crippen LogP) is 3.18. The fourth-order valence-electron chi connectivity index (χ4n) is 3.02. The number of nitrogens with zero attached hydrogens (tertiary/aromatic N) is 3. The molecule has 0 N–H and O–H groups in total. The molecule has 2 unspecified atom stereocenters. The maximum absolute atomic E-state index is 14.3. The van der Waals surface area contributed by atoms with Crippen LogP contribution in [0.25, 0.3) is 5.69 Å². The third-order valence-electron chi connectivity index (χ3n) is 4.11. The molecule has 0 amide bonds. The maximum atomic E-state index is 14.3. The predicted molar refractivity (Wildman–Crippen MR) is 80.8 cm³/mol. The molecule has 0 radical (unpaired) electrons. The summed E-state index contributed by atoms with van der Waals surface area (Å²) < 4.78 is 29.9. The summed E-state index contributed by atoms with van der Waals surface area (Å²) in [6, 6.07) is 14.3. The van der Waals surface area contributed by atoms with E-state index in [-0.39, 0.29) is 18.3 Å². The lowest BCUT2D eigenvalue weighted by atomic mass is 10.0. The Morgan fingerprint density at radius 2 is 1.74 bits per heavy atom. The molecule has 2 heterocycles. The SMILES string of the molecule is O=c1n(-c2ccc(F)cc2)nc2n1C(c1ccccc1)CC2F. The molecule has 2 atom stereocenters. The summed E-state index contributed by atoms with van der Waals surface area (Å²) in [5.74, 6) is -0.285. The van der Waals surface area contributed by atoms with Gasteiger partial charge in [0.2, 0.25) is 0 Å². The summed E-state index contributed by atoms with van der Waals surface area (Å²) in [4.78, 5) is 12.7. The number of benzene rings is 2. The van der Waals surface area contributed by atoms with Crippen molar-refractivity contribution in [2.75, 3.05) is 0 Å². The first-order valence-electron chi connectivity index (χ1n) is 7.31. The highest BCUT2D eigenvalue weighted by molar-refractivity contribution is 5.32. The van der Waals surface area contributed by atoms with Gasteiger partial charge in [-0.2, -0.15) is 4.68 Å². The molecule has 0 fully saturated rings. The van der Waals surface area contributed by atoms with Crippen molar-refractivity contribution in [3.63, 3.8) is 0 Å². The van der Waals surface area contributed by atoms with Gasteiger partial charge in [-0.3, -0.25) is 4.57 Å². The van der Waals surface area contributed by atoms with Crippen LogP contribution in [0.5, 0.6) is 0 Å². The van der Waals surface area contributed by atoms with Crippen LogP contribution in [0.1, 0.15) is 30.0 Å². The van der Waals surface area contributed by atoms with Gasteiger partial charge in [0.05, 0.1) is 11.7 Å². The number of fused-ring (bicyclic) bond motifs is 1. The molecule has 0 bridgehead atoms. The van der Waals surface area contributed by atoms with Crippen LogP contribution in [0.15, 0.2) is 59.4 Å². The molecule has 0 aliphatic carbocycles. The Morgan fingerprint density at radius 1 is 1.04 bits per heavy atom. The van der Waals surface area contributed by atoms with E-state index in [4.69, 9.17) is 0 Å². The number of rotatable bonds is 2. The monoisotopic (exact) mass is 313 g/mol. The fourth-order valence-corrected chi connectivity index (χ4v) is 3.02. The van der Waals surface area contributed by atoms with Crippen LogP contribution in [0.3, 0.4) is 0 Å². The van der Waals surface area contributed by atoms with Crippen LogP contribution >= 0.6 is 0 Å². The zero-order valence-corrected chi connectivity index (χ0v) is 12.1. The molecule has 4 rings (SSSR count). The lowest BCUT2D eigenvalue weighted by Gasteiger charge is -2.11. The molecule has 0 saturated carbocycles. The first-order chi connectivity index (χ1) is 11.1. The van der Waals surface area contributed by atoms with Crippen molar-refractivity contribution in [1.29, 1.82) is 0 Å². The van der Waals surface area contributed by atoms with Crippen LogP contribution in [0.4, 0.5) is 8.78 Å². The number of halogens is 2. The standard InChI is InChI=1S/C17H13F2N3O/c18-12-6-8-13(9-7-12)22-17(23)21-15(10-14(19)16(21)20-22)11-4-2-1-3-5-11/h1-9,14-15H,10H2. The van der Waals surface area contributed by atoms with E-state index in [0.29, 0.717) is 5.69 Å². The Hall–Kier alpha value is -2.76. The molecule has 1 aliphatic rings. The summed E-state index contributed by atoms with van der Waals surface area (Å²) >= 11 is 0. The van der Waals surface area contributed by atoms with Gasteiger partial charge in [-0.15, -0.1) is 5.10 Å². The lowest BCUT2D eigenvalue weighted by molar-refractivity contribution is 0.325. The molecule has 3 aromatic rings. The minimum atomic E-state index is -1.30.